The van der Waals surface area contributed by atoms with Gasteiger partial charge in [0.15, 0.2) is 0 Å². The Hall–Kier alpha value is -0.940. The Morgan fingerprint density at radius 2 is 2.21 bits per heavy atom. The fourth-order valence-electron chi connectivity index (χ4n) is 2.54. The third-order valence-electron chi connectivity index (χ3n) is 3.52. The van der Waals surface area contributed by atoms with Gasteiger partial charge in [-0.2, -0.15) is 0 Å². The second-order valence-corrected chi connectivity index (χ2v) is 5.22. The lowest BCUT2D eigenvalue weighted by atomic mass is 10.2. The van der Waals surface area contributed by atoms with Gasteiger partial charge in [-0.25, -0.2) is 0 Å². The predicted molar refractivity (Wildman–Crippen MR) is 76.0 cm³/mol. The quantitative estimate of drug-likeness (QED) is 0.766. The molecule has 2 atom stereocenters. The van der Waals surface area contributed by atoms with Gasteiger partial charge in [0, 0.05) is 39.3 Å². The van der Waals surface area contributed by atoms with Crippen LogP contribution in [0, 0.1) is 0 Å². The molecule has 1 aromatic rings. The molecule has 106 valence electrons. The highest BCUT2D eigenvalue weighted by Crippen LogP contribution is 2.13. The maximum Gasteiger partial charge on any atom is 0.0897 e. The molecule has 0 aromatic heterocycles. The van der Waals surface area contributed by atoms with E-state index in [0.29, 0.717) is 19.2 Å². The van der Waals surface area contributed by atoms with Crippen LogP contribution in [-0.2, 0) is 11.3 Å². The molecule has 2 N–H and O–H groups in total. The highest BCUT2D eigenvalue weighted by Gasteiger charge is 2.22. The van der Waals surface area contributed by atoms with Gasteiger partial charge in [-0.05, 0) is 12.0 Å². The van der Waals surface area contributed by atoms with Crippen molar-refractivity contribution in [2.24, 2.45) is 0 Å². The summed E-state index contributed by atoms with van der Waals surface area (Å²) in [5.41, 5.74) is 1.36. The molecule has 4 heteroatoms. The SMILES string of the molecule is COCC(O)CNC1CCN(Cc2ccccc2)C1. The average molecular weight is 264 g/mol. The zero-order chi connectivity index (χ0) is 13.5. The fourth-order valence-corrected chi connectivity index (χ4v) is 2.54. The number of ether oxygens (including phenoxy) is 1. The van der Waals surface area contributed by atoms with Crippen LogP contribution in [0.3, 0.4) is 0 Å². The Morgan fingerprint density at radius 3 is 2.95 bits per heavy atom. The number of nitrogens with one attached hydrogen (secondary N) is 1. The molecule has 4 nitrogen and oxygen atoms in total. The second-order valence-electron chi connectivity index (χ2n) is 5.22. The number of rotatable bonds is 7. The molecule has 0 spiro atoms. The minimum atomic E-state index is -0.409. The van der Waals surface area contributed by atoms with E-state index in [1.807, 2.05) is 0 Å². The molecule has 1 heterocycles. The Bertz CT molecular complexity index is 358. The maximum atomic E-state index is 9.61. The van der Waals surface area contributed by atoms with E-state index in [1.54, 1.807) is 7.11 Å². The fraction of sp³-hybridized carbons (Fsp3) is 0.600. The second kappa shape index (κ2) is 7.60. The third kappa shape index (κ3) is 4.91. The monoisotopic (exact) mass is 264 g/mol. The summed E-state index contributed by atoms with van der Waals surface area (Å²) in [6, 6.07) is 11.0. The molecule has 0 aliphatic carbocycles. The number of aliphatic hydroxyl groups is 1. The van der Waals surface area contributed by atoms with Crippen LogP contribution < -0.4 is 5.32 Å². The van der Waals surface area contributed by atoms with Crippen molar-refractivity contribution in [3.05, 3.63) is 35.9 Å². The van der Waals surface area contributed by atoms with E-state index in [-0.39, 0.29) is 0 Å². The van der Waals surface area contributed by atoms with Gasteiger partial charge >= 0.3 is 0 Å². The summed E-state index contributed by atoms with van der Waals surface area (Å²) in [7, 11) is 1.61. The summed E-state index contributed by atoms with van der Waals surface area (Å²) in [5, 5.41) is 13.0. The number of aliphatic hydroxyl groups excluding tert-OH is 1. The molecule has 1 aliphatic heterocycles. The standard InChI is InChI=1S/C15H24N2O2/c1-19-12-15(18)9-16-14-7-8-17(11-14)10-13-5-3-2-4-6-13/h2-6,14-16,18H,7-12H2,1H3. The van der Waals surface area contributed by atoms with Crippen molar-refractivity contribution < 1.29 is 9.84 Å². The first-order chi connectivity index (χ1) is 9.28. The Kier molecular flexibility index (Phi) is 5.79. The van der Waals surface area contributed by atoms with Crippen LogP contribution in [0.5, 0.6) is 0 Å². The van der Waals surface area contributed by atoms with Crippen molar-refractivity contribution in [2.75, 3.05) is 33.4 Å². The van der Waals surface area contributed by atoms with Gasteiger partial charge in [0.2, 0.25) is 0 Å². The Labute approximate surface area is 115 Å². The van der Waals surface area contributed by atoms with Crippen LogP contribution in [0.25, 0.3) is 0 Å². The molecule has 0 bridgehead atoms. The van der Waals surface area contributed by atoms with Gasteiger partial charge in [0.05, 0.1) is 12.7 Å². The lowest BCUT2D eigenvalue weighted by Crippen LogP contribution is -2.38. The van der Waals surface area contributed by atoms with Crippen molar-refractivity contribution in [3.63, 3.8) is 0 Å². The van der Waals surface area contributed by atoms with E-state index in [1.165, 1.54) is 5.56 Å². The number of benzene rings is 1. The molecule has 0 radical (unpaired) electrons. The molecule has 1 aliphatic rings. The Balaban J connectivity index is 1.68. The molecule has 19 heavy (non-hydrogen) atoms. The van der Waals surface area contributed by atoms with E-state index in [0.717, 1.165) is 26.1 Å². The van der Waals surface area contributed by atoms with Gasteiger partial charge in [-0.3, -0.25) is 4.90 Å². The van der Waals surface area contributed by atoms with Crippen molar-refractivity contribution in [2.45, 2.75) is 25.1 Å². The molecule has 0 saturated carbocycles. The summed E-state index contributed by atoms with van der Waals surface area (Å²) in [4.78, 5) is 2.45. The van der Waals surface area contributed by atoms with E-state index >= 15 is 0 Å². The van der Waals surface area contributed by atoms with Crippen LogP contribution in [0.15, 0.2) is 30.3 Å². The minimum Gasteiger partial charge on any atom is -0.389 e. The van der Waals surface area contributed by atoms with E-state index in [2.05, 4.69) is 40.5 Å². The zero-order valence-electron chi connectivity index (χ0n) is 11.6. The smallest absolute Gasteiger partial charge is 0.0897 e. The summed E-state index contributed by atoms with van der Waals surface area (Å²) >= 11 is 0. The first-order valence-corrected chi connectivity index (χ1v) is 6.94. The molecule has 1 saturated heterocycles. The van der Waals surface area contributed by atoms with Crippen molar-refractivity contribution >= 4 is 0 Å². The first kappa shape index (κ1) is 14.5. The van der Waals surface area contributed by atoms with Gasteiger partial charge in [-0.15, -0.1) is 0 Å². The van der Waals surface area contributed by atoms with Crippen molar-refractivity contribution in [3.8, 4) is 0 Å². The number of hydrogen-bond acceptors (Lipinski definition) is 4. The normalized spacial score (nSPS) is 21.7. The van der Waals surface area contributed by atoms with Gasteiger partial charge in [0.25, 0.3) is 0 Å². The van der Waals surface area contributed by atoms with E-state index in [4.69, 9.17) is 4.74 Å². The van der Waals surface area contributed by atoms with Crippen LogP contribution in [0.2, 0.25) is 0 Å². The number of hydrogen-bond donors (Lipinski definition) is 2. The molecule has 0 amide bonds. The summed E-state index contributed by atoms with van der Waals surface area (Å²) in [6.45, 7) is 4.19. The van der Waals surface area contributed by atoms with Crippen LogP contribution in [0.4, 0.5) is 0 Å². The highest BCUT2D eigenvalue weighted by atomic mass is 16.5. The topological polar surface area (TPSA) is 44.7 Å². The molecule has 2 unspecified atom stereocenters. The molecular weight excluding hydrogens is 240 g/mol. The van der Waals surface area contributed by atoms with Gasteiger partial charge in [-0.1, -0.05) is 30.3 Å². The van der Waals surface area contributed by atoms with E-state index < -0.39 is 6.10 Å². The average Bonchev–Trinajstić information content (AvgIpc) is 2.86. The lowest BCUT2D eigenvalue weighted by molar-refractivity contribution is 0.0628. The largest absolute Gasteiger partial charge is 0.389 e. The third-order valence-corrected chi connectivity index (χ3v) is 3.52. The van der Waals surface area contributed by atoms with Gasteiger partial charge in [0.1, 0.15) is 0 Å². The number of methoxy groups -OCH3 is 1. The number of likely N-dealkylation sites (tertiary alicyclic amines) is 1. The molecule has 1 aromatic carbocycles. The van der Waals surface area contributed by atoms with E-state index in [9.17, 15) is 5.11 Å². The van der Waals surface area contributed by atoms with Crippen LogP contribution in [-0.4, -0.2) is 55.5 Å². The summed E-state index contributed by atoms with van der Waals surface area (Å²) < 4.78 is 4.92. The molecule has 1 fully saturated rings. The summed E-state index contributed by atoms with van der Waals surface area (Å²) in [6.07, 6.45) is 0.736. The summed E-state index contributed by atoms with van der Waals surface area (Å²) in [5.74, 6) is 0. The molecular formula is C15H24N2O2. The predicted octanol–water partition coefficient (Wildman–Crippen LogP) is 0.858. The first-order valence-electron chi connectivity index (χ1n) is 6.94. The highest BCUT2D eigenvalue weighted by molar-refractivity contribution is 5.14. The van der Waals surface area contributed by atoms with Crippen LogP contribution >= 0.6 is 0 Å². The van der Waals surface area contributed by atoms with Crippen LogP contribution in [0.1, 0.15) is 12.0 Å². The maximum absolute atomic E-state index is 9.61. The lowest BCUT2D eigenvalue weighted by Gasteiger charge is -2.18. The van der Waals surface area contributed by atoms with Crippen molar-refractivity contribution in [1.29, 1.82) is 0 Å². The number of nitrogens with zero attached hydrogens (tertiary/aromatic N) is 1. The molecule has 2 rings (SSSR count). The Morgan fingerprint density at radius 1 is 1.42 bits per heavy atom. The minimum absolute atomic E-state index is 0.396. The zero-order valence-corrected chi connectivity index (χ0v) is 11.6. The van der Waals surface area contributed by atoms with Crippen molar-refractivity contribution in [1.82, 2.24) is 10.2 Å². The van der Waals surface area contributed by atoms with Gasteiger partial charge < -0.3 is 15.2 Å².